The third-order valence-electron chi connectivity index (χ3n) is 1.90. The van der Waals surface area contributed by atoms with Gasteiger partial charge < -0.3 is 10.4 Å². The first-order valence-corrected chi connectivity index (χ1v) is 4.46. The van der Waals surface area contributed by atoms with E-state index in [1.807, 2.05) is 6.07 Å². The number of anilines is 1. The summed E-state index contributed by atoms with van der Waals surface area (Å²) in [7, 11) is 0. The Bertz CT molecular complexity index is 398. The maximum Gasteiger partial charge on any atom is 0.308 e. The summed E-state index contributed by atoms with van der Waals surface area (Å²) >= 11 is 0. The molecular weight excluding hydrogens is 194 g/mol. The molecular formula is C10H11N3O2. The molecule has 0 fully saturated rings. The van der Waals surface area contributed by atoms with Crippen LogP contribution in [0.1, 0.15) is 12.5 Å². The van der Waals surface area contributed by atoms with Crippen molar-refractivity contribution in [2.45, 2.75) is 6.92 Å². The molecule has 5 nitrogen and oxygen atoms in total. The largest absolute Gasteiger partial charge is 0.481 e. The monoisotopic (exact) mass is 205 g/mol. The molecule has 2 N–H and O–H groups in total. The van der Waals surface area contributed by atoms with Crippen molar-refractivity contribution in [1.82, 2.24) is 4.98 Å². The maximum absolute atomic E-state index is 10.5. The van der Waals surface area contributed by atoms with Crippen LogP contribution in [0.2, 0.25) is 0 Å². The van der Waals surface area contributed by atoms with Crippen LogP contribution in [0.25, 0.3) is 0 Å². The zero-order valence-electron chi connectivity index (χ0n) is 8.27. The average Bonchev–Trinajstić information content (AvgIpc) is 2.26. The van der Waals surface area contributed by atoms with Crippen molar-refractivity contribution in [1.29, 1.82) is 5.26 Å². The number of hydrogen-bond acceptors (Lipinski definition) is 4. The predicted octanol–water partition coefficient (Wildman–Crippen LogP) is 1.09. The van der Waals surface area contributed by atoms with Gasteiger partial charge in [-0.3, -0.25) is 4.79 Å². The summed E-state index contributed by atoms with van der Waals surface area (Å²) in [5, 5.41) is 20.1. The van der Waals surface area contributed by atoms with Crippen LogP contribution in [0.4, 0.5) is 5.82 Å². The number of carbonyl (C=O) groups is 1. The van der Waals surface area contributed by atoms with E-state index in [0.29, 0.717) is 11.4 Å². The maximum atomic E-state index is 10.5. The van der Waals surface area contributed by atoms with Crippen LogP contribution in [0.15, 0.2) is 18.3 Å². The molecule has 1 rings (SSSR count). The van der Waals surface area contributed by atoms with Crippen molar-refractivity contribution in [3.05, 3.63) is 23.9 Å². The minimum Gasteiger partial charge on any atom is -0.481 e. The van der Waals surface area contributed by atoms with Crippen LogP contribution >= 0.6 is 0 Å². The molecule has 0 aliphatic heterocycles. The highest BCUT2D eigenvalue weighted by molar-refractivity contribution is 5.70. The van der Waals surface area contributed by atoms with Gasteiger partial charge in [0.15, 0.2) is 0 Å². The molecule has 0 saturated heterocycles. The Hall–Kier alpha value is -2.09. The smallest absolute Gasteiger partial charge is 0.308 e. The summed E-state index contributed by atoms with van der Waals surface area (Å²) in [6.45, 7) is 1.89. The molecule has 0 bridgehead atoms. The molecule has 0 aromatic carbocycles. The van der Waals surface area contributed by atoms with E-state index in [4.69, 9.17) is 10.4 Å². The van der Waals surface area contributed by atoms with Gasteiger partial charge in [0.1, 0.15) is 5.82 Å². The van der Waals surface area contributed by atoms with E-state index < -0.39 is 11.9 Å². The first kappa shape index (κ1) is 11.0. The number of rotatable bonds is 4. The lowest BCUT2D eigenvalue weighted by Crippen LogP contribution is -2.20. The summed E-state index contributed by atoms with van der Waals surface area (Å²) in [4.78, 5) is 14.5. The molecule has 0 saturated carbocycles. The zero-order chi connectivity index (χ0) is 11.3. The van der Waals surface area contributed by atoms with E-state index in [0.717, 1.165) is 0 Å². The molecule has 78 valence electrons. The Morgan fingerprint density at radius 3 is 3.13 bits per heavy atom. The number of pyridine rings is 1. The molecule has 0 amide bonds. The van der Waals surface area contributed by atoms with Crippen molar-refractivity contribution < 1.29 is 9.90 Å². The van der Waals surface area contributed by atoms with E-state index in [-0.39, 0.29) is 6.54 Å². The molecule has 1 atom stereocenters. The summed E-state index contributed by atoms with van der Waals surface area (Å²) in [5.74, 6) is -0.835. The van der Waals surface area contributed by atoms with E-state index in [9.17, 15) is 4.79 Å². The molecule has 1 heterocycles. The van der Waals surface area contributed by atoms with Crippen LogP contribution in [-0.4, -0.2) is 22.6 Å². The van der Waals surface area contributed by atoms with Crippen LogP contribution < -0.4 is 5.32 Å². The highest BCUT2D eigenvalue weighted by Crippen LogP contribution is 2.06. The number of hydrogen-bond donors (Lipinski definition) is 2. The van der Waals surface area contributed by atoms with Gasteiger partial charge in [-0.05, 0) is 12.1 Å². The van der Waals surface area contributed by atoms with Crippen LogP contribution in [-0.2, 0) is 4.79 Å². The fraction of sp³-hybridized carbons (Fsp3) is 0.300. The lowest BCUT2D eigenvalue weighted by Gasteiger charge is -2.08. The van der Waals surface area contributed by atoms with E-state index in [1.54, 1.807) is 19.1 Å². The predicted molar refractivity (Wildman–Crippen MR) is 54.2 cm³/mol. The lowest BCUT2D eigenvalue weighted by molar-refractivity contribution is -0.140. The highest BCUT2D eigenvalue weighted by atomic mass is 16.4. The Morgan fingerprint density at radius 1 is 1.80 bits per heavy atom. The van der Waals surface area contributed by atoms with Crippen LogP contribution in [0.5, 0.6) is 0 Å². The SMILES string of the molecule is CC(CNc1cc(C#N)ccn1)C(=O)O. The van der Waals surface area contributed by atoms with Gasteiger partial charge >= 0.3 is 5.97 Å². The van der Waals surface area contributed by atoms with E-state index in [2.05, 4.69) is 10.3 Å². The minimum absolute atomic E-state index is 0.289. The van der Waals surface area contributed by atoms with Gasteiger partial charge in [0.25, 0.3) is 0 Å². The Morgan fingerprint density at radius 2 is 2.53 bits per heavy atom. The second kappa shape index (κ2) is 4.96. The number of nitrogens with zero attached hydrogens (tertiary/aromatic N) is 2. The number of aromatic nitrogens is 1. The number of aliphatic carboxylic acids is 1. The number of carboxylic acid groups (broad SMARTS) is 1. The molecule has 1 aromatic heterocycles. The quantitative estimate of drug-likeness (QED) is 0.768. The van der Waals surface area contributed by atoms with Gasteiger partial charge in [0, 0.05) is 12.7 Å². The van der Waals surface area contributed by atoms with Crippen molar-refractivity contribution >= 4 is 11.8 Å². The van der Waals surface area contributed by atoms with Gasteiger partial charge in [-0.15, -0.1) is 0 Å². The first-order chi connectivity index (χ1) is 7.13. The van der Waals surface area contributed by atoms with Gasteiger partial charge in [0.05, 0.1) is 17.6 Å². The van der Waals surface area contributed by atoms with Crippen molar-refractivity contribution in [3.8, 4) is 6.07 Å². The fourth-order valence-corrected chi connectivity index (χ4v) is 0.942. The summed E-state index contributed by atoms with van der Waals surface area (Å²) < 4.78 is 0. The molecule has 0 radical (unpaired) electrons. The summed E-state index contributed by atoms with van der Waals surface area (Å²) in [6, 6.07) is 5.15. The molecule has 5 heteroatoms. The van der Waals surface area contributed by atoms with Crippen LogP contribution in [0, 0.1) is 17.2 Å². The highest BCUT2D eigenvalue weighted by Gasteiger charge is 2.10. The third-order valence-corrected chi connectivity index (χ3v) is 1.90. The van der Waals surface area contributed by atoms with Crippen molar-refractivity contribution in [3.63, 3.8) is 0 Å². The van der Waals surface area contributed by atoms with Crippen LogP contribution in [0.3, 0.4) is 0 Å². The van der Waals surface area contributed by atoms with E-state index in [1.165, 1.54) is 6.20 Å². The third kappa shape index (κ3) is 3.27. The fourth-order valence-electron chi connectivity index (χ4n) is 0.942. The second-order valence-electron chi connectivity index (χ2n) is 3.16. The van der Waals surface area contributed by atoms with Crippen molar-refractivity contribution in [2.75, 3.05) is 11.9 Å². The first-order valence-electron chi connectivity index (χ1n) is 4.46. The summed E-state index contributed by atoms with van der Waals surface area (Å²) in [6.07, 6.45) is 1.51. The molecule has 1 unspecified atom stereocenters. The lowest BCUT2D eigenvalue weighted by atomic mass is 10.2. The average molecular weight is 205 g/mol. The molecule has 0 spiro atoms. The summed E-state index contributed by atoms with van der Waals surface area (Å²) in [5.41, 5.74) is 0.496. The molecule has 0 aliphatic rings. The number of nitriles is 1. The Balaban J connectivity index is 2.58. The molecule has 15 heavy (non-hydrogen) atoms. The number of carboxylic acids is 1. The van der Waals surface area contributed by atoms with E-state index >= 15 is 0 Å². The normalized spacial score (nSPS) is 11.5. The molecule has 0 aliphatic carbocycles. The van der Waals surface area contributed by atoms with Crippen molar-refractivity contribution in [2.24, 2.45) is 5.92 Å². The Kier molecular flexibility index (Phi) is 3.63. The van der Waals surface area contributed by atoms with Gasteiger partial charge in [-0.25, -0.2) is 4.98 Å². The topological polar surface area (TPSA) is 86.0 Å². The molecule has 1 aromatic rings. The zero-order valence-corrected chi connectivity index (χ0v) is 8.27. The second-order valence-corrected chi connectivity index (χ2v) is 3.16. The number of nitrogens with one attached hydrogen (secondary N) is 1. The Labute approximate surface area is 87.4 Å². The van der Waals surface area contributed by atoms with Gasteiger partial charge in [-0.2, -0.15) is 5.26 Å². The minimum atomic E-state index is -0.862. The van der Waals surface area contributed by atoms with Gasteiger partial charge in [-0.1, -0.05) is 6.92 Å². The standard InChI is InChI=1S/C10H11N3O2/c1-7(10(14)15)6-13-9-4-8(5-11)2-3-12-9/h2-4,7H,6H2,1H3,(H,12,13)(H,14,15). The van der Waals surface area contributed by atoms with Gasteiger partial charge in [0.2, 0.25) is 0 Å².